The normalized spacial score (nSPS) is 10.8. The van der Waals surface area contributed by atoms with Crippen LogP contribution in [0.4, 0.5) is 0 Å². The second-order valence-corrected chi connectivity index (χ2v) is 9.08. The van der Waals surface area contributed by atoms with Crippen molar-refractivity contribution in [2.45, 2.75) is 39.7 Å². The van der Waals surface area contributed by atoms with E-state index in [9.17, 15) is 9.59 Å². The summed E-state index contributed by atoms with van der Waals surface area (Å²) in [4.78, 5) is 32.6. The fourth-order valence-corrected chi connectivity index (χ4v) is 4.60. The summed E-state index contributed by atoms with van der Waals surface area (Å²) < 4.78 is 6.51. The van der Waals surface area contributed by atoms with E-state index in [4.69, 9.17) is 9.51 Å². The van der Waals surface area contributed by atoms with E-state index in [1.807, 2.05) is 90.4 Å². The predicted octanol–water partition coefficient (Wildman–Crippen LogP) is 4.51. The van der Waals surface area contributed by atoms with Crippen molar-refractivity contribution in [1.29, 1.82) is 0 Å². The molecule has 1 N–H and O–H groups in total. The van der Waals surface area contributed by atoms with E-state index in [-0.39, 0.29) is 35.1 Å². The van der Waals surface area contributed by atoms with Gasteiger partial charge in [-0.15, -0.1) is 0 Å². The monoisotopic (exact) mass is 516 g/mol. The van der Waals surface area contributed by atoms with Crippen molar-refractivity contribution < 1.29 is 4.52 Å². The SMILES string of the molecule is CCCc1nc(C)c(Cc2ccccc2)c(=O)n1Cc1ccc(-c2ccccc2-c2noc(=O)[nH]2)cc1.[NaH]. The van der Waals surface area contributed by atoms with Gasteiger partial charge in [-0.3, -0.25) is 18.9 Å². The van der Waals surface area contributed by atoms with E-state index in [2.05, 4.69) is 17.1 Å². The Labute approximate surface area is 242 Å². The summed E-state index contributed by atoms with van der Waals surface area (Å²) in [6.07, 6.45) is 2.21. The Morgan fingerprint density at radius 3 is 2.21 bits per heavy atom. The molecular weight excluding hydrogens is 487 g/mol. The molecule has 7 nitrogen and oxygen atoms in total. The van der Waals surface area contributed by atoms with E-state index >= 15 is 0 Å². The molecule has 0 saturated carbocycles. The molecule has 3 aromatic carbocycles. The Morgan fingerprint density at radius 2 is 1.55 bits per heavy atom. The second kappa shape index (κ2) is 12.3. The number of hydrogen-bond donors (Lipinski definition) is 1. The number of rotatable bonds is 8. The fourth-order valence-electron chi connectivity index (χ4n) is 4.60. The van der Waals surface area contributed by atoms with Crippen LogP contribution >= 0.6 is 0 Å². The van der Waals surface area contributed by atoms with Crippen LogP contribution in [0, 0.1) is 6.92 Å². The van der Waals surface area contributed by atoms with Crippen LogP contribution in [-0.4, -0.2) is 49.2 Å². The molecule has 0 atom stereocenters. The second-order valence-electron chi connectivity index (χ2n) is 9.08. The molecule has 5 aromatic rings. The number of nitrogens with zero attached hydrogens (tertiary/aromatic N) is 3. The molecule has 188 valence electrons. The first-order chi connectivity index (χ1) is 18.0. The van der Waals surface area contributed by atoms with Crippen LogP contribution in [0.3, 0.4) is 0 Å². The summed E-state index contributed by atoms with van der Waals surface area (Å²) in [5, 5.41) is 3.84. The number of aromatic amines is 1. The molecule has 0 bridgehead atoms. The molecule has 0 radical (unpaired) electrons. The van der Waals surface area contributed by atoms with Gasteiger partial charge in [0.25, 0.3) is 5.56 Å². The number of benzene rings is 3. The first kappa shape index (κ1) is 27.5. The molecule has 0 aliphatic rings. The topological polar surface area (TPSA) is 93.8 Å². The van der Waals surface area contributed by atoms with Gasteiger partial charge < -0.3 is 0 Å². The van der Waals surface area contributed by atoms with Crippen LogP contribution in [0.5, 0.6) is 0 Å². The van der Waals surface area contributed by atoms with E-state index < -0.39 is 5.76 Å². The molecule has 0 amide bonds. The van der Waals surface area contributed by atoms with Crippen LogP contribution in [0.2, 0.25) is 0 Å². The Morgan fingerprint density at radius 1 is 0.868 bits per heavy atom. The first-order valence-corrected chi connectivity index (χ1v) is 12.4. The van der Waals surface area contributed by atoms with Crippen LogP contribution in [0.15, 0.2) is 93.0 Å². The predicted molar refractivity (Wildman–Crippen MR) is 151 cm³/mol. The Kier molecular flexibility index (Phi) is 8.94. The molecule has 38 heavy (non-hydrogen) atoms. The summed E-state index contributed by atoms with van der Waals surface area (Å²) in [6.45, 7) is 4.47. The van der Waals surface area contributed by atoms with E-state index in [1.165, 1.54) is 0 Å². The van der Waals surface area contributed by atoms with Crippen molar-refractivity contribution in [3.05, 3.63) is 128 Å². The maximum atomic E-state index is 13.7. The standard InChI is InChI=1S/C30H28N4O3.Na.H/c1-3-9-27-31-20(2)26(18-21-10-5-4-6-11-21)29(35)34(27)19-22-14-16-23(17-15-22)24-12-7-8-13-25(24)28-32-30(36)37-33-28;;/h4-8,10-17H,3,9,18-19H2,1-2H3,(H,32,33,36);;. The van der Waals surface area contributed by atoms with Crippen LogP contribution < -0.4 is 11.3 Å². The van der Waals surface area contributed by atoms with Gasteiger partial charge in [0.1, 0.15) is 5.82 Å². The van der Waals surface area contributed by atoms with Crippen LogP contribution in [0.1, 0.15) is 41.6 Å². The summed E-state index contributed by atoms with van der Waals surface area (Å²) in [5.74, 6) is 0.607. The first-order valence-electron chi connectivity index (χ1n) is 12.4. The zero-order chi connectivity index (χ0) is 25.8. The molecule has 5 rings (SSSR count). The quantitative estimate of drug-likeness (QED) is 0.307. The third kappa shape index (κ3) is 5.96. The van der Waals surface area contributed by atoms with Crippen molar-refractivity contribution in [2.24, 2.45) is 0 Å². The Hall–Kier alpha value is -3.52. The summed E-state index contributed by atoms with van der Waals surface area (Å²) >= 11 is 0. The summed E-state index contributed by atoms with van der Waals surface area (Å²) in [5.41, 5.74) is 6.31. The van der Waals surface area contributed by atoms with Crippen molar-refractivity contribution >= 4 is 29.6 Å². The van der Waals surface area contributed by atoms with Gasteiger partial charge in [0.15, 0.2) is 5.82 Å². The molecule has 8 heteroatoms. The van der Waals surface area contributed by atoms with Gasteiger partial charge >= 0.3 is 35.3 Å². The molecule has 0 unspecified atom stereocenters. The zero-order valence-electron chi connectivity index (χ0n) is 20.9. The van der Waals surface area contributed by atoms with Gasteiger partial charge in [-0.05, 0) is 35.6 Å². The van der Waals surface area contributed by atoms with Crippen LogP contribution in [0.25, 0.3) is 22.5 Å². The van der Waals surface area contributed by atoms with Crippen LogP contribution in [-0.2, 0) is 19.4 Å². The molecule has 2 heterocycles. The number of nitrogens with one attached hydrogen (secondary N) is 1. The van der Waals surface area contributed by atoms with E-state index in [1.54, 1.807) is 0 Å². The molecule has 2 aromatic heterocycles. The molecule has 0 aliphatic heterocycles. The average Bonchev–Trinajstić information content (AvgIpc) is 3.36. The molecule has 0 aliphatic carbocycles. The number of hydrogen-bond acceptors (Lipinski definition) is 5. The third-order valence-corrected chi connectivity index (χ3v) is 6.47. The van der Waals surface area contributed by atoms with Crippen molar-refractivity contribution in [3.63, 3.8) is 0 Å². The molecular formula is C30H29N4NaO3. The fraction of sp³-hybridized carbons (Fsp3) is 0.200. The zero-order valence-corrected chi connectivity index (χ0v) is 20.9. The summed E-state index contributed by atoms with van der Waals surface area (Å²) in [6, 6.07) is 25.8. The molecule has 0 fully saturated rings. The molecule has 0 saturated heterocycles. The Balaban J connectivity index is 0.00000336. The minimum absolute atomic E-state index is 0. The van der Waals surface area contributed by atoms with Gasteiger partial charge in [0.05, 0.1) is 6.54 Å². The number of H-pyrrole nitrogens is 1. The van der Waals surface area contributed by atoms with E-state index in [0.29, 0.717) is 18.8 Å². The summed E-state index contributed by atoms with van der Waals surface area (Å²) in [7, 11) is 0. The minimum atomic E-state index is -0.591. The molecule has 0 spiro atoms. The van der Waals surface area contributed by atoms with Crippen molar-refractivity contribution in [3.8, 4) is 22.5 Å². The van der Waals surface area contributed by atoms with Gasteiger partial charge in [-0.1, -0.05) is 90.9 Å². The number of aryl methyl sites for hydroxylation is 2. The maximum absolute atomic E-state index is 13.7. The van der Waals surface area contributed by atoms with E-state index in [0.717, 1.165) is 57.7 Å². The van der Waals surface area contributed by atoms with Gasteiger partial charge in [-0.25, -0.2) is 9.78 Å². The number of aromatic nitrogens is 4. The van der Waals surface area contributed by atoms with Gasteiger partial charge in [0.2, 0.25) is 0 Å². The van der Waals surface area contributed by atoms with Gasteiger partial charge in [-0.2, -0.15) is 0 Å². The third-order valence-electron chi connectivity index (χ3n) is 6.47. The average molecular weight is 517 g/mol. The van der Waals surface area contributed by atoms with Gasteiger partial charge in [0, 0.05) is 29.7 Å². The van der Waals surface area contributed by atoms with Crippen molar-refractivity contribution in [1.82, 2.24) is 19.7 Å². The van der Waals surface area contributed by atoms with Crippen molar-refractivity contribution in [2.75, 3.05) is 0 Å². The Bertz CT molecular complexity index is 1640.